The van der Waals surface area contributed by atoms with Crippen molar-refractivity contribution < 1.29 is 24.2 Å². The van der Waals surface area contributed by atoms with Gasteiger partial charge in [-0.2, -0.15) is 0 Å². The van der Waals surface area contributed by atoms with E-state index >= 15 is 0 Å². The minimum atomic E-state index is -0.859. The quantitative estimate of drug-likeness (QED) is 0.204. The molecule has 0 aliphatic carbocycles. The van der Waals surface area contributed by atoms with Gasteiger partial charge in [-0.05, 0) is 59.4 Å². The van der Waals surface area contributed by atoms with Crippen LogP contribution in [-0.2, 0) is 29.2 Å². The van der Waals surface area contributed by atoms with Crippen molar-refractivity contribution in [3.63, 3.8) is 0 Å². The number of rotatable bonds is 16. The maximum absolute atomic E-state index is 12.7. The number of ether oxygens (including phenoxy) is 1. The Morgan fingerprint density at radius 1 is 0.850 bits per heavy atom. The molecule has 0 heterocycles. The van der Waals surface area contributed by atoms with Crippen LogP contribution in [0.3, 0.4) is 0 Å². The van der Waals surface area contributed by atoms with Crippen molar-refractivity contribution in [1.82, 2.24) is 4.90 Å². The van der Waals surface area contributed by atoms with Crippen molar-refractivity contribution >= 4 is 17.8 Å². The monoisotopic (exact) mass is 544 g/mol. The predicted octanol–water partition coefficient (Wildman–Crippen LogP) is 6.37. The highest BCUT2D eigenvalue weighted by atomic mass is 16.5. The molecule has 7 nitrogen and oxygen atoms in total. The highest BCUT2D eigenvalue weighted by Gasteiger charge is 2.13. The van der Waals surface area contributed by atoms with Gasteiger partial charge in [0.25, 0.3) is 0 Å². The lowest BCUT2D eigenvalue weighted by atomic mass is 9.99. The summed E-state index contributed by atoms with van der Waals surface area (Å²) in [6, 6.07) is 20.7. The number of carboxylic acids is 1. The molecule has 40 heavy (non-hydrogen) atoms. The predicted molar refractivity (Wildman–Crippen MR) is 157 cm³/mol. The number of nitrogens with two attached hydrogens (primary N) is 1. The van der Waals surface area contributed by atoms with E-state index in [-0.39, 0.29) is 18.9 Å². The lowest BCUT2D eigenvalue weighted by Gasteiger charge is -2.19. The number of carbonyl (C=O) groups excluding carboxylic acids is 2. The minimum absolute atomic E-state index is 0.0217. The van der Waals surface area contributed by atoms with Crippen LogP contribution in [0.5, 0.6) is 5.75 Å². The number of carboxylic acid groups (broad SMARTS) is 1. The van der Waals surface area contributed by atoms with Crippen LogP contribution in [0.25, 0.3) is 11.1 Å². The first-order valence-electron chi connectivity index (χ1n) is 14.0. The SMILES string of the molecule is CCCCCCCC(=O)N(C)Cc1cccc(-c2ccc(CCC(=O)O)cc2OCc2cccc(C(N)=O)c2)c1. The first-order valence-corrected chi connectivity index (χ1v) is 14.0. The number of nitrogens with zero attached hydrogens (tertiary/aromatic N) is 1. The van der Waals surface area contributed by atoms with Crippen LogP contribution in [0.1, 0.15) is 78.9 Å². The molecule has 2 amide bonds. The molecule has 0 bridgehead atoms. The summed E-state index contributed by atoms with van der Waals surface area (Å²) in [4.78, 5) is 37.1. The maximum atomic E-state index is 12.7. The number of aliphatic carboxylic acids is 1. The first-order chi connectivity index (χ1) is 19.3. The van der Waals surface area contributed by atoms with Crippen molar-refractivity contribution in [2.75, 3.05) is 7.05 Å². The molecule has 0 saturated carbocycles. The lowest BCUT2D eigenvalue weighted by molar-refractivity contribution is -0.137. The van der Waals surface area contributed by atoms with Crippen LogP contribution in [0.4, 0.5) is 0 Å². The van der Waals surface area contributed by atoms with Gasteiger partial charge >= 0.3 is 5.97 Å². The van der Waals surface area contributed by atoms with Gasteiger partial charge in [-0.1, -0.05) is 75.1 Å². The van der Waals surface area contributed by atoms with Gasteiger partial charge < -0.3 is 20.5 Å². The topological polar surface area (TPSA) is 110 Å². The Morgan fingerprint density at radius 2 is 1.60 bits per heavy atom. The summed E-state index contributed by atoms with van der Waals surface area (Å²) in [5, 5.41) is 9.13. The number of unbranched alkanes of at least 4 members (excludes halogenated alkanes) is 4. The molecule has 0 unspecified atom stereocenters. The maximum Gasteiger partial charge on any atom is 0.303 e. The third-order valence-electron chi connectivity index (χ3n) is 6.86. The summed E-state index contributed by atoms with van der Waals surface area (Å²) in [5.41, 5.74) is 10.3. The van der Waals surface area contributed by atoms with Gasteiger partial charge in [-0.3, -0.25) is 14.4 Å². The Hall–Kier alpha value is -4.13. The number of amides is 2. The van der Waals surface area contributed by atoms with E-state index in [1.807, 2.05) is 49.5 Å². The molecular weight excluding hydrogens is 504 g/mol. The highest BCUT2D eigenvalue weighted by Crippen LogP contribution is 2.33. The van der Waals surface area contributed by atoms with Crippen LogP contribution in [-0.4, -0.2) is 34.8 Å². The van der Waals surface area contributed by atoms with Crippen LogP contribution in [0, 0.1) is 0 Å². The largest absolute Gasteiger partial charge is 0.488 e. The number of hydrogen-bond donors (Lipinski definition) is 2. The molecule has 3 N–H and O–H groups in total. The fraction of sp³-hybridized carbons (Fsp3) is 0.364. The van der Waals surface area contributed by atoms with Crippen molar-refractivity contribution in [3.05, 3.63) is 89.0 Å². The van der Waals surface area contributed by atoms with Crippen molar-refractivity contribution in [1.29, 1.82) is 0 Å². The zero-order chi connectivity index (χ0) is 28.9. The third kappa shape index (κ3) is 9.56. The molecule has 0 aliphatic rings. The van der Waals surface area contributed by atoms with Crippen LogP contribution >= 0.6 is 0 Å². The smallest absolute Gasteiger partial charge is 0.303 e. The molecule has 3 aromatic carbocycles. The lowest BCUT2D eigenvalue weighted by Crippen LogP contribution is -2.25. The summed E-state index contributed by atoms with van der Waals surface area (Å²) in [6.07, 6.45) is 6.54. The molecule has 0 fully saturated rings. The number of aryl methyl sites for hydroxylation is 1. The molecule has 0 aromatic heterocycles. The highest BCUT2D eigenvalue weighted by molar-refractivity contribution is 5.92. The third-order valence-corrected chi connectivity index (χ3v) is 6.86. The van der Waals surface area contributed by atoms with Crippen LogP contribution in [0.2, 0.25) is 0 Å². The summed E-state index contributed by atoms with van der Waals surface area (Å²) < 4.78 is 6.23. The normalized spacial score (nSPS) is 10.8. The molecule has 0 spiro atoms. The first kappa shape index (κ1) is 30.4. The van der Waals surface area contributed by atoms with E-state index in [0.29, 0.717) is 30.7 Å². The van der Waals surface area contributed by atoms with E-state index in [0.717, 1.165) is 40.7 Å². The van der Waals surface area contributed by atoms with E-state index in [1.165, 1.54) is 19.3 Å². The summed E-state index contributed by atoms with van der Waals surface area (Å²) in [7, 11) is 1.84. The Bertz CT molecular complexity index is 1300. The zero-order valence-corrected chi connectivity index (χ0v) is 23.5. The second-order valence-corrected chi connectivity index (χ2v) is 10.2. The fourth-order valence-corrected chi connectivity index (χ4v) is 4.58. The average molecular weight is 545 g/mol. The minimum Gasteiger partial charge on any atom is -0.488 e. The average Bonchev–Trinajstić information content (AvgIpc) is 2.95. The van der Waals surface area contributed by atoms with E-state index in [2.05, 4.69) is 13.0 Å². The number of carbonyl (C=O) groups is 3. The molecule has 0 atom stereocenters. The Balaban J connectivity index is 1.78. The van der Waals surface area contributed by atoms with Crippen molar-refractivity contribution in [2.24, 2.45) is 5.73 Å². The molecule has 0 saturated heterocycles. The Morgan fingerprint density at radius 3 is 2.35 bits per heavy atom. The van der Waals surface area contributed by atoms with Gasteiger partial charge in [0.05, 0.1) is 0 Å². The van der Waals surface area contributed by atoms with Crippen molar-refractivity contribution in [3.8, 4) is 16.9 Å². The Kier molecular flexibility index (Phi) is 11.8. The van der Waals surface area contributed by atoms with Crippen LogP contribution in [0.15, 0.2) is 66.7 Å². The van der Waals surface area contributed by atoms with Crippen LogP contribution < -0.4 is 10.5 Å². The molecule has 3 rings (SSSR count). The van der Waals surface area contributed by atoms with Gasteiger partial charge in [0.15, 0.2) is 0 Å². The van der Waals surface area contributed by atoms with Gasteiger partial charge in [0.1, 0.15) is 12.4 Å². The summed E-state index contributed by atoms with van der Waals surface area (Å²) in [5.74, 6) is -0.606. The van der Waals surface area contributed by atoms with E-state index in [9.17, 15) is 14.4 Å². The molecule has 212 valence electrons. The van der Waals surface area contributed by atoms with Gasteiger partial charge in [0, 0.05) is 37.6 Å². The van der Waals surface area contributed by atoms with Crippen molar-refractivity contribution in [2.45, 2.75) is 71.4 Å². The molecular formula is C33H40N2O5. The zero-order valence-electron chi connectivity index (χ0n) is 23.5. The van der Waals surface area contributed by atoms with E-state index < -0.39 is 11.9 Å². The van der Waals surface area contributed by atoms with E-state index in [1.54, 1.807) is 23.1 Å². The summed E-state index contributed by atoms with van der Waals surface area (Å²) in [6.45, 7) is 2.90. The van der Waals surface area contributed by atoms with Gasteiger partial charge in [0.2, 0.25) is 11.8 Å². The molecule has 3 aromatic rings. The number of hydrogen-bond acceptors (Lipinski definition) is 4. The van der Waals surface area contributed by atoms with Gasteiger partial charge in [-0.25, -0.2) is 0 Å². The standard InChI is InChI=1S/C33H40N2O5/c1-3-4-5-6-7-14-31(36)35(2)22-25-10-8-12-27(19-25)29-17-15-24(16-18-32(37)38)21-30(29)40-23-26-11-9-13-28(20-26)33(34)39/h8-13,15,17,19-21H,3-7,14,16,18,22-23H2,1-2H3,(H2,34,39)(H,37,38). The molecule has 0 radical (unpaired) electrons. The second kappa shape index (κ2) is 15.5. The van der Waals surface area contributed by atoms with Gasteiger partial charge in [-0.15, -0.1) is 0 Å². The second-order valence-electron chi connectivity index (χ2n) is 10.2. The Labute approximate surface area is 237 Å². The number of primary amides is 1. The molecule has 0 aliphatic heterocycles. The fourth-order valence-electron chi connectivity index (χ4n) is 4.58. The molecule has 7 heteroatoms. The number of benzene rings is 3. The van der Waals surface area contributed by atoms with E-state index in [4.69, 9.17) is 15.6 Å². The summed E-state index contributed by atoms with van der Waals surface area (Å²) >= 11 is 0.